The standard InChI is InChI=1S/C16H17F3N2O4/c1-9(8-20)7-12(15(24)25-2)21-14(23)13(22)10-3-5-11(6-4-10)16(17,18)19/h3-6,9,12-13,22H,7H2,1-2H3,(H,21,23)/t9-,12-,13-/m1/s1. The SMILES string of the molecule is COC(=O)[C@@H](C[C@@H](C)C#N)NC(=O)[C@H](O)c1ccc(C(F)(F)F)cc1. The smallest absolute Gasteiger partial charge is 0.416 e. The molecule has 0 aliphatic rings. The quantitative estimate of drug-likeness (QED) is 0.757. The van der Waals surface area contributed by atoms with Gasteiger partial charge in [0.05, 0.1) is 18.7 Å². The van der Waals surface area contributed by atoms with E-state index in [1.165, 1.54) is 6.92 Å². The molecule has 136 valence electrons. The number of aliphatic hydroxyl groups is 1. The van der Waals surface area contributed by atoms with Crippen molar-refractivity contribution in [1.29, 1.82) is 5.26 Å². The van der Waals surface area contributed by atoms with Crippen LogP contribution in [-0.4, -0.2) is 30.1 Å². The number of methoxy groups -OCH3 is 1. The molecule has 2 N–H and O–H groups in total. The maximum absolute atomic E-state index is 12.5. The van der Waals surface area contributed by atoms with Gasteiger partial charge in [-0.25, -0.2) is 4.79 Å². The fraction of sp³-hybridized carbons (Fsp3) is 0.438. The number of carbonyl (C=O) groups is 2. The summed E-state index contributed by atoms with van der Waals surface area (Å²) >= 11 is 0. The van der Waals surface area contributed by atoms with Crippen molar-refractivity contribution in [3.8, 4) is 6.07 Å². The van der Waals surface area contributed by atoms with Gasteiger partial charge in [-0.15, -0.1) is 0 Å². The van der Waals surface area contributed by atoms with Crippen LogP contribution in [0, 0.1) is 17.2 Å². The Bertz CT molecular complexity index is 653. The van der Waals surface area contributed by atoms with Gasteiger partial charge in [-0.3, -0.25) is 4.79 Å². The summed E-state index contributed by atoms with van der Waals surface area (Å²) in [5.41, 5.74) is -0.985. The van der Waals surface area contributed by atoms with Crippen molar-refractivity contribution in [2.45, 2.75) is 31.7 Å². The molecule has 0 spiro atoms. The molecule has 1 amide bonds. The van der Waals surface area contributed by atoms with Gasteiger partial charge < -0.3 is 15.2 Å². The summed E-state index contributed by atoms with van der Waals surface area (Å²) in [6, 6.07) is 4.16. The molecule has 9 heteroatoms. The van der Waals surface area contributed by atoms with Crippen molar-refractivity contribution in [1.82, 2.24) is 5.32 Å². The first-order valence-electron chi connectivity index (χ1n) is 7.23. The zero-order valence-corrected chi connectivity index (χ0v) is 13.5. The van der Waals surface area contributed by atoms with Crippen LogP contribution < -0.4 is 5.32 Å². The second kappa shape index (κ2) is 8.48. The molecule has 1 aromatic carbocycles. The number of nitrogens with one attached hydrogen (secondary N) is 1. The number of esters is 1. The zero-order valence-electron chi connectivity index (χ0n) is 13.5. The van der Waals surface area contributed by atoms with E-state index in [0.717, 1.165) is 31.4 Å². The molecule has 0 saturated heterocycles. The molecule has 1 aromatic rings. The highest BCUT2D eigenvalue weighted by Gasteiger charge is 2.31. The summed E-state index contributed by atoms with van der Waals surface area (Å²) in [7, 11) is 1.10. The molecule has 0 aliphatic heterocycles. The third kappa shape index (κ3) is 5.76. The summed E-state index contributed by atoms with van der Waals surface area (Å²) < 4.78 is 42.1. The van der Waals surface area contributed by atoms with Crippen LogP contribution in [-0.2, 0) is 20.5 Å². The van der Waals surface area contributed by atoms with E-state index in [0.29, 0.717) is 0 Å². The number of hydrogen-bond donors (Lipinski definition) is 2. The van der Waals surface area contributed by atoms with E-state index in [1.54, 1.807) is 0 Å². The minimum absolute atomic E-state index is 0.0331. The molecule has 25 heavy (non-hydrogen) atoms. The molecular weight excluding hydrogens is 341 g/mol. The van der Waals surface area contributed by atoms with Crippen molar-refractivity contribution in [2.75, 3.05) is 7.11 Å². The van der Waals surface area contributed by atoms with Gasteiger partial charge in [0.1, 0.15) is 6.04 Å². The fourth-order valence-corrected chi connectivity index (χ4v) is 2.02. The second-order valence-electron chi connectivity index (χ2n) is 5.37. The lowest BCUT2D eigenvalue weighted by molar-refractivity contribution is -0.146. The highest BCUT2D eigenvalue weighted by Crippen LogP contribution is 2.30. The number of alkyl halides is 3. The van der Waals surface area contributed by atoms with E-state index in [1.807, 2.05) is 6.07 Å². The molecule has 0 fully saturated rings. The monoisotopic (exact) mass is 358 g/mol. The molecule has 0 aromatic heterocycles. The van der Waals surface area contributed by atoms with Crippen molar-refractivity contribution in [3.05, 3.63) is 35.4 Å². The Kier molecular flexibility index (Phi) is 6.94. The Hall–Kier alpha value is -2.60. The maximum Gasteiger partial charge on any atom is 0.416 e. The minimum atomic E-state index is -4.53. The van der Waals surface area contributed by atoms with Crippen LogP contribution in [0.15, 0.2) is 24.3 Å². The predicted molar refractivity (Wildman–Crippen MR) is 79.7 cm³/mol. The van der Waals surface area contributed by atoms with Gasteiger partial charge in [0.25, 0.3) is 5.91 Å². The summed E-state index contributed by atoms with van der Waals surface area (Å²) in [5, 5.41) is 21.0. The number of nitrogens with zero attached hydrogens (tertiary/aromatic N) is 1. The Labute approximate surface area is 142 Å². The summed E-state index contributed by atoms with van der Waals surface area (Å²) in [6.07, 6.45) is -6.34. The molecule has 3 atom stereocenters. The Balaban J connectivity index is 2.86. The van der Waals surface area contributed by atoms with Crippen LogP contribution in [0.3, 0.4) is 0 Å². The first kappa shape index (κ1) is 20.4. The summed E-state index contributed by atoms with van der Waals surface area (Å²) in [6.45, 7) is 1.54. The molecule has 0 bridgehead atoms. The predicted octanol–water partition coefficient (Wildman–Crippen LogP) is 1.95. The molecule has 1 rings (SSSR count). The number of carbonyl (C=O) groups excluding carboxylic acids is 2. The van der Waals surface area contributed by atoms with Gasteiger partial charge in [-0.05, 0) is 31.0 Å². The van der Waals surface area contributed by atoms with Crippen LogP contribution >= 0.6 is 0 Å². The summed E-state index contributed by atoms with van der Waals surface area (Å²) in [5.74, 6) is -2.34. The lowest BCUT2D eigenvalue weighted by Gasteiger charge is -2.20. The average Bonchev–Trinajstić information content (AvgIpc) is 2.58. The van der Waals surface area contributed by atoms with Gasteiger partial charge >= 0.3 is 12.1 Å². The topological polar surface area (TPSA) is 99.4 Å². The Morgan fingerprint density at radius 3 is 2.32 bits per heavy atom. The Morgan fingerprint density at radius 2 is 1.88 bits per heavy atom. The number of halogens is 3. The Morgan fingerprint density at radius 1 is 1.32 bits per heavy atom. The van der Waals surface area contributed by atoms with Gasteiger partial charge in [0.2, 0.25) is 0 Å². The lowest BCUT2D eigenvalue weighted by Crippen LogP contribution is -2.44. The normalized spacial score (nSPS) is 14.8. The van der Waals surface area contributed by atoms with Crippen molar-refractivity contribution in [3.63, 3.8) is 0 Å². The number of rotatable bonds is 6. The largest absolute Gasteiger partial charge is 0.467 e. The van der Waals surface area contributed by atoms with Crippen LogP contribution in [0.25, 0.3) is 0 Å². The van der Waals surface area contributed by atoms with Crippen LogP contribution in [0.2, 0.25) is 0 Å². The molecule has 0 heterocycles. The summed E-state index contributed by atoms with van der Waals surface area (Å²) in [4.78, 5) is 23.7. The van der Waals surface area contributed by atoms with Crippen LogP contribution in [0.1, 0.15) is 30.6 Å². The van der Waals surface area contributed by atoms with Gasteiger partial charge in [0, 0.05) is 5.92 Å². The molecule has 0 saturated carbocycles. The van der Waals surface area contributed by atoms with E-state index in [9.17, 15) is 27.9 Å². The van der Waals surface area contributed by atoms with E-state index >= 15 is 0 Å². The van der Waals surface area contributed by atoms with Gasteiger partial charge in [-0.1, -0.05) is 12.1 Å². The number of amides is 1. The van der Waals surface area contributed by atoms with Crippen LogP contribution in [0.5, 0.6) is 0 Å². The van der Waals surface area contributed by atoms with Gasteiger partial charge in [0.15, 0.2) is 6.10 Å². The molecule has 6 nitrogen and oxygen atoms in total. The van der Waals surface area contributed by atoms with Crippen molar-refractivity contribution >= 4 is 11.9 Å². The first-order chi connectivity index (χ1) is 11.6. The minimum Gasteiger partial charge on any atom is -0.467 e. The highest BCUT2D eigenvalue weighted by molar-refractivity contribution is 5.87. The molecule has 0 aliphatic carbocycles. The zero-order chi connectivity index (χ0) is 19.2. The first-order valence-corrected chi connectivity index (χ1v) is 7.23. The second-order valence-corrected chi connectivity index (χ2v) is 5.37. The van der Waals surface area contributed by atoms with Crippen molar-refractivity contribution < 1.29 is 32.6 Å². The maximum atomic E-state index is 12.5. The molecule has 0 unspecified atom stereocenters. The molecule has 0 radical (unpaired) electrons. The average molecular weight is 358 g/mol. The number of benzene rings is 1. The number of ether oxygens (including phenoxy) is 1. The lowest BCUT2D eigenvalue weighted by atomic mass is 10.0. The van der Waals surface area contributed by atoms with Crippen molar-refractivity contribution in [2.24, 2.45) is 5.92 Å². The van der Waals surface area contributed by atoms with Crippen LogP contribution in [0.4, 0.5) is 13.2 Å². The number of hydrogen-bond acceptors (Lipinski definition) is 5. The number of nitriles is 1. The highest BCUT2D eigenvalue weighted by atomic mass is 19.4. The van der Waals surface area contributed by atoms with E-state index in [4.69, 9.17) is 5.26 Å². The fourth-order valence-electron chi connectivity index (χ4n) is 2.02. The third-order valence-electron chi connectivity index (χ3n) is 3.41. The molecular formula is C16H17F3N2O4. The third-order valence-corrected chi connectivity index (χ3v) is 3.41. The van der Waals surface area contributed by atoms with Gasteiger partial charge in [-0.2, -0.15) is 18.4 Å². The number of aliphatic hydroxyl groups excluding tert-OH is 1. The van der Waals surface area contributed by atoms with E-state index in [2.05, 4.69) is 10.1 Å². The van der Waals surface area contributed by atoms with E-state index < -0.39 is 41.7 Å². The van der Waals surface area contributed by atoms with E-state index in [-0.39, 0.29) is 12.0 Å².